The van der Waals surface area contributed by atoms with E-state index in [0.29, 0.717) is 28.3 Å². The third kappa shape index (κ3) is 3.98. The van der Waals surface area contributed by atoms with E-state index in [9.17, 15) is 8.42 Å². The van der Waals surface area contributed by atoms with Crippen LogP contribution in [0.1, 0.15) is 24.0 Å². The largest absolute Gasteiger partial charge is 0.497 e. The van der Waals surface area contributed by atoms with E-state index < -0.39 is 10.0 Å². The number of nitrogens with one attached hydrogen (secondary N) is 1. The Morgan fingerprint density at radius 3 is 2.15 bits per heavy atom. The molecule has 7 heteroatoms. The van der Waals surface area contributed by atoms with Crippen LogP contribution < -0.4 is 19.1 Å². The first kappa shape index (κ1) is 19.4. The summed E-state index contributed by atoms with van der Waals surface area (Å²) in [4.78, 5) is 2.51. The summed E-state index contributed by atoms with van der Waals surface area (Å²) in [6.07, 6.45) is 2.30. The number of ether oxygens (including phenoxy) is 2. The molecule has 0 radical (unpaired) electrons. The normalized spacial score (nSPS) is 14.3. The van der Waals surface area contributed by atoms with Gasteiger partial charge in [-0.2, -0.15) is 0 Å². The van der Waals surface area contributed by atoms with E-state index in [1.54, 1.807) is 39.2 Å². The van der Waals surface area contributed by atoms with Gasteiger partial charge >= 0.3 is 0 Å². The monoisotopic (exact) mass is 390 g/mol. The van der Waals surface area contributed by atoms with Crippen LogP contribution in [0.15, 0.2) is 35.2 Å². The van der Waals surface area contributed by atoms with E-state index >= 15 is 0 Å². The summed E-state index contributed by atoms with van der Waals surface area (Å²) in [5.41, 5.74) is 2.70. The molecule has 1 heterocycles. The molecule has 2 aromatic carbocycles. The molecule has 0 spiro atoms. The van der Waals surface area contributed by atoms with Crippen LogP contribution in [0.5, 0.6) is 11.5 Å². The summed E-state index contributed by atoms with van der Waals surface area (Å²) < 4.78 is 39.6. The Morgan fingerprint density at radius 2 is 1.59 bits per heavy atom. The van der Waals surface area contributed by atoms with Crippen molar-refractivity contribution < 1.29 is 17.9 Å². The first-order valence-electron chi connectivity index (χ1n) is 8.97. The van der Waals surface area contributed by atoms with Crippen molar-refractivity contribution >= 4 is 21.4 Å². The van der Waals surface area contributed by atoms with Crippen molar-refractivity contribution in [3.63, 3.8) is 0 Å². The number of anilines is 2. The van der Waals surface area contributed by atoms with Crippen molar-refractivity contribution in [1.29, 1.82) is 0 Å². The predicted octanol–water partition coefficient (Wildman–Crippen LogP) is 3.72. The van der Waals surface area contributed by atoms with E-state index in [1.807, 2.05) is 12.1 Å². The maximum absolute atomic E-state index is 13.1. The van der Waals surface area contributed by atoms with Crippen LogP contribution in [0.2, 0.25) is 0 Å². The molecule has 3 rings (SSSR count). The molecular weight excluding hydrogens is 364 g/mol. The van der Waals surface area contributed by atoms with Crippen LogP contribution in [0, 0.1) is 13.8 Å². The maximum Gasteiger partial charge on any atom is 0.262 e. The van der Waals surface area contributed by atoms with Crippen molar-refractivity contribution in [1.82, 2.24) is 0 Å². The molecule has 1 aliphatic rings. The highest BCUT2D eigenvalue weighted by Crippen LogP contribution is 2.34. The molecule has 1 saturated heterocycles. The molecular formula is C20H26N2O4S. The summed E-state index contributed by atoms with van der Waals surface area (Å²) in [6.45, 7) is 5.49. The number of aryl methyl sites for hydroxylation is 2. The van der Waals surface area contributed by atoms with Gasteiger partial charge in [0.1, 0.15) is 11.5 Å². The van der Waals surface area contributed by atoms with Gasteiger partial charge in [-0.3, -0.25) is 4.72 Å². The molecule has 0 unspecified atom stereocenters. The smallest absolute Gasteiger partial charge is 0.262 e. The Balaban J connectivity index is 1.99. The van der Waals surface area contributed by atoms with E-state index in [-0.39, 0.29) is 4.90 Å². The van der Waals surface area contributed by atoms with Crippen molar-refractivity contribution in [2.24, 2.45) is 0 Å². The molecule has 27 heavy (non-hydrogen) atoms. The van der Waals surface area contributed by atoms with Gasteiger partial charge in [-0.25, -0.2) is 8.42 Å². The predicted molar refractivity (Wildman–Crippen MR) is 108 cm³/mol. The van der Waals surface area contributed by atoms with Gasteiger partial charge in [-0.05, 0) is 68.1 Å². The third-order valence-corrected chi connectivity index (χ3v) is 6.51. The number of sulfonamides is 1. The molecule has 0 amide bonds. The summed E-state index contributed by atoms with van der Waals surface area (Å²) >= 11 is 0. The molecule has 146 valence electrons. The van der Waals surface area contributed by atoms with Gasteiger partial charge in [0, 0.05) is 18.8 Å². The Labute approximate surface area is 161 Å². The zero-order valence-electron chi connectivity index (χ0n) is 16.2. The van der Waals surface area contributed by atoms with Gasteiger partial charge in [0.25, 0.3) is 10.0 Å². The molecule has 0 aliphatic carbocycles. The second-order valence-electron chi connectivity index (χ2n) is 6.77. The summed E-state index contributed by atoms with van der Waals surface area (Å²) in [5.74, 6) is 1.13. The fraction of sp³-hybridized carbons (Fsp3) is 0.400. The third-order valence-electron chi connectivity index (χ3n) is 4.84. The van der Waals surface area contributed by atoms with E-state index in [0.717, 1.165) is 31.6 Å². The number of hydrogen-bond donors (Lipinski definition) is 1. The fourth-order valence-electron chi connectivity index (χ4n) is 3.60. The first-order chi connectivity index (χ1) is 12.9. The van der Waals surface area contributed by atoms with E-state index in [1.165, 1.54) is 7.11 Å². The van der Waals surface area contributed by atoms with Crippen LogP contribution >= 0.6 is 0 Å². The van der Waals surface area contributed by atoms with Gasteiger partial charge in [0.2, 0.25) is 0 Å². The molecule has 2 aromatic rings. The Hall–Kier alpha value is -2.41. The highest BCUT2D eigenvalue weighted by Gasteiger charge is 2.23. The van der Waals surface area contributed by atoms with Gasteiger partial charge in [-0.15, -0.1) is 0 Å². The fourth-order valence-corrected chi connectivity index (χ4v) is 5.11. The van der Waals surface area contributed by atoms with Crippen LogP contribution in [-0.2, 0) is 10.0 Å². The molecule has 0 saturated carbocycles. The molecule has 0 atom stereocenters. The standard InChI is InChI=1S/C20H26N2O4S/c1-14-11-17(25-3)12-15(2)20(14)27(23,24)21-18-13-16(7-8-19(18)26-4)22-9-5-6-10-22/h7-8,11-13,21H,5-6,9-10H2,1-4H3. The Morgan fingerprint density at radius 1 is 0.963 bits per heavy atom. The van der Waals surface area contributed by atoms with Crippen molar-refractivity contribution in [3.05, 3.63) is 41.5 Å². The summed E-state index contributed by atoms with van der Waals surface area (Å²) in [6, 6.07) is 9.06. The van der Waals surface area contributed by atoms with Gasteiger partial charge in [0.15, 0.2) is 0 Å². The Kier molecular flexibility index (Phi) is 5.51. The minimum atomic E-state index is -3.78. The lowest BCUT2D eigenvalue weighted by Crippen LogP contribution is -2.19. The number of benzene rings is 2. The van der Waals surface area contributed by atoms with Gasteiger partial charge < -0.3 is 14.4 Å². The van der Waals surface area contributed by atoms with Crippen molar-refractivity contribution in [3.8, 4) is 11.5 Å². The minimum Gasteiger partial charge on any atom is -0.497 e. The second kappa shape index (κ2) is 7.68. The van der Waals surface area contributed by atoms with E-state index in [4.69, 9.17) is 9.47 Å². The Bertz CT molecular complexity index is 912. The van der Waals surface area contributed by atoms with E-state index in [2.05, 4.69) is 9.62 Å². The maximum atomic E-state index is 13.1. The first-order valence-corrected chi connectivity index (χ1v) is 10.4. The summed E-state index contributed by atoms with van der Waals surface area (Å²) in [7, 11) is -0.677. The number of nitrogens with zero attached hydrogens (tertiary/aromatic N) is 1. The van der Waals surface area contributed by atoms with Crippen molar-refractivity contribution in [2.75, 3.05) is 36.9 Å². The lowest BCUT2D eigenvalue weighted by Gasteiger charge is -2.21. The molecule has 6 nitrogen and oxygen atoms in total. The molecule has 1 fully saturated rings. The highest BCUT2D eigenvalue weighted by molar-refractivity contribution is 7.92. The zero-order valence-corrected chi connectivity index (χ0v) is 17.0. The van der Waals surface area contributed by atoms with Crippen LogP contribution in [0.4, 0.5) is 11.4 Å². The van der Waals surface area contributed by atoms with Crippen LogP contribution in [-0.4, -0.2) is 35.7 Å². The van der Waals surface area contributed by atoms with Crippen molar-refractivity contribution in [2.45, 2.75) is 31.6 Å². The molecule has 0 bridgehead atoms. The van der Waals surface area contributed by atoms with Crippen LogP contribution in [0.25, 0.3) is 0 Å². The quantitative estimate of drug-likeness (QED) is 0.814. The molecule has 1 N–H and O–H groups in total. The average molecular weight is 391 g/mol. The molecule has 1 aliphatic heterocycles. The second-order valence-corrected chi connectivity index (χ2v) is 8.39. The SMILES string of the molecule is COc1cc(C)c(S(=O)(=O)Nc2cc(N3CCCC3)ccc2OC)c(C)c1. The number of rotatable bonds is 6. The highest BCUT2D eigenvalue weighted by atomic mass is 32.2. The number of methoxy groups -OCH3 is 2. The topological polar surface area (TPSA) is 67.9 Å². The average Bonchev–Trinajstić information content (AvgIpc) is 3.15. The minimum absolute atomic E-state index is 0.261. The summed E-state index contributed by atoms with van der Waals surface area (Å²) in [5, 5.41) is 0. The molecule has 0 aromatic heterocycles. The van der Waals surface area contributed by atoms with Crippen LogP contribution in [0.3, 0.4) is 0 Å². The lowest BCUT2D eigenvalue weighted by atomic mass is 10.1. The van der Waals surface area contributed by atoms with Gasteiger partial charge in [0.05, 0.1) is 24.8 Å². The van der Waals surface area contributed by atoms with Gasteiger partial charge in [-0.1, -0.05) is 0 Å². The zero-order chi connectivity index (χ0) is 19.6. The lowest BCUT2D eigenvalue weighted by molar-refractivity contribution is 0.413. The number of hydrogen-bond acceptors (Lipinski definition) is 5.